The van der Waals surface area contributed by atoms with Crippen LogP contribution in [-0.2, 0) is 30.0 Å². The lowest BCUT2D eigenvalue weighted by Gasteiger charge is -2.35. The van der Waals surface area contributed by atoms with Gasteiger partial charge in [-0.3, -0.25) is 19.2 Å². The predicted octanol–water partition coefficient (Wildman–Crippen LogP) is 6.57. The second kappa shape index (κ2) is 15.8. The van der Waals surface area contributed by atoms with Crippen LogP contribution in [0.3, 0.4) is 0 Å². The van der Waals surface area contributed by atoms with E-state index in [1.807, 2.05) is 12.1 Å². The van der Waals surface area contributed by atoms with E-state index in [1.54, 1.807) is 11.1 Å². The van der Waals surface area contributed by atoms with Crippen LogP contribution in [0.2, 0.25) is 0 Å². The highest BCUT2D eigenvalue weighted by atomic mass is 32.1. The van der Waals surface area contributed by atoms with Crippen molar-refractivity contribution in [3.63, 3.8) is 0 Å². The van der Waals surface area contributed by atoms with E-state index in [4.69, 9.17) is 5.73 Å². The van der Waals surface area contributed by atoms with E-state index in [2.05, 4.69) is 53.8 Å². The van der Waals surface area contributed by atoms with Gasteiger partial charge in [-0.05, 0) is 85.7 Å². The van der Waals surface area contributed by atoms with E-state index in [-0.39, 0.29) is 47.2 Å². The number of carbonyl (C=O) groups excluding carboxylic acids is 4. The third kappa shape index (κ3) is 8.85. The van der Waals surface area contributed by atoms with Gasteiger partial charge in [0, 0.05) is 35.5 Å². The average molecular weight is 813 g/mol. The van der Waals surface area contributed by atoms with Crippen LogP contribution >= 0.6 is 29.8 Å². The van der Waals surface area contributed by atoms with Crippen molar-refractivity contribution in [3.8, 4) is 10.4 Å². The Morgan fingerprint density at radius 1 is 1.04 bits per heavy atom. The lowest BCUT2D eigenvalue weighted by Crippen LogP contribution is -2.60. The number of amides is 4. The van der Waals surface area contributed by atoms with Gasteiger partial charge in [0.2, 0.25) is 17.7 Å². The molecule has 294 valence electrons. The third-order valence-corrected chi connectivity index (χ3v) is 14.2. The number of thiophene rings is 1. The van der Waals surface area contributed by atoms with Crippen LogP contribution in [0.1, 0.15) is 84.7 Å². The van der Waals surface area contributed by atoms with Crippen molar-refractivity contribution in [2.24, 2.45) is 5.73 Å². The Bertz CT molecular complexity index is 2140. The summed E-state index contributed by atoms with van der Waals surface area (Å²) >= 11 is 2.52. The van der Waals surface area contributed by atoms with Crippen molar-refractivity contribution in [3.05, 3.63) is 75.7 Å². The Hall–Kier alpha value is -4.04. The summed E-state index contributed by atoms with van der Waals surface area (Å²) in [5.41, 5.74) is 3.78. The van der Waals surface area contributed by atoms with Gasteiger partial charge < -0.3 is 31.1 Å². The van der Waals surface area contributed by atoms with E-state index in [1.165, 1.54) is 41.2 Å². The van der Waals surface area contributed by atoms with Crippen molar-refractivity contribution < 1.29 is 32.5 Å². The van der Waals surface area contributed by atoms with Crippen LogP contribution in [0.25, 0.3) is 20.5 Å². The number of halogens is 2. The molecule has 2 aliphatic rings. The minimum Gasteiger partial charge on any atom is -0.370 e. The molecule has 4 atom stereocenters. The Kier molecular flexibility index (Phi) is 11.7. The molecule has 0 aliphatic carbocycles. The molecule has 4 amide bonds. The first-order chi connectivity index (χ1) is 25.8. The van der Waals surface area contributed by atoms with Crippen LogP contribution in [0, 0.1) is 0 Å². The number of carbonyl (C=O) groups is 4. The van der Waals surface area contributed by atoms with E-state index >= 15 is 0 Å². The molecule has 0 saturated carbocycles. The molecule has 2 fully saturated rings. The Morgan fingerprint density at radius 2 is 1.75 bits per heavy atom. The van der Waals surface area contributed by atoms with Crippen molar-refractivity contribution in [2.75, 3.05) is 26.4 Å². The number of alkyl halides is 2. The van der Waals surface area contributed by atoms with Crippen LogP contribution < -0.4 is 21.7 Å². The van der Waals surface area contributed by atoms with E-state index in [0.29, 0.717) is 40.9 Å². The second-order valence-corrected chi connectivity index (χ2v) is 21.1. The molecule has 16 heteroatoms. The molecule has 55 heavy (non-hydrogen) atoms. The van der Waals surface area contributed by atoms with Gasteiger partial charge in [0.1, 0.15) is 17.1 Å². The molecule has 6 rings (SSSR count). The van der Waals surface area contributed by atoms with Gasteiger partial charge >= 0.3 is 5.66 Å². The maximum absolute atomic E-state index is 14.9. The maximum atomic E-state index is 14.9. The van der Waals surface area contributed by atoms with Gasteiger partial charge in [-0.2, -0.15) is 8.78 Å². The molecule has 0 unspecified atom stereocenters. The number of benzene rings is 2. The Morgan fingerprint density at radius 3 is 2.42 bits per heavy atom. The number of thiazole rings is 1. The molecule has 2 saturated heterocycles. The third-order valence-electron chi connectivity index (χ3n) is 10.3. The molecular weight excluding hydrogens is 766 g/mol. The van der Waals surface area contributed by atoms with Crippen LogP contribution in [0.4, 0.5) is 8.78 Å². The molecule has 5 N–H and O–H groups in total. The SMILES string of the molecule is CC(C)(C)c1ccc(-c2cnc([C@H](CCC(N)=O)NC(=O)[C@@H]3CC[C@@H]4CCNC[C@H](NC(=O)c5cc6cc(C(F)(F)P(C)(C)=O)ccc6s5)C(=O)N43)s2)cc1. The summed E-state index contributed by atoms with van der Waals surface area (Å²) in [6, 6.07) is 11.0. The number of fused-ring (bicyclic) bond motifs is 2. The standard InChI is InChI=1S/C39H47F2N6O5PS2/c1-38(2,3)24-8-6-22(7-9-24)32-21-44-36(55-32)27(12-15-33(42)48)45-34(49)29-13-11-26-16-17-43-20-28(37(51)47(26)29)46-35(50)31-19-23-18-25(10-14-30(23)54-31)39(40,41)53(4,5)52/h6-10,14,18-19,21,26-29,43H,11-13,15-17,20H2,1-5H3,(H2,42,48)(H,45,49)(H,46,50)/t26-,27+,28+,29+/m1/s1. The van der Waals surface area contributed by atoms with Crippen molar-refractivity contribution in [1.29, 1.82) is 0 Å². The summed E-state index contributed by atoms with van der Waals surface area (Å²) in [4.78, 5) is 61.0. The molecule has 0 radical (unpaired) electrons. The second-order valence-electron chi connectivity index (χ2n) is 15.7. The number of hydrogen-bond donors (Lipinski definition) is 4. The summed E-state index contributed by atoms with van der Waals surface area (Å²) < 4.78 is 42.6. The van der Waals surface area contributed by atoms with Crippen molar-refractivity contribution in [2.45, 2.75) is 88.1 Å². The highest BCUT2D eigenvalue weighted by Gasteiger charge is 2.46. The Balaban J connectivity index is 1.18. The molecule has 2 aromatic heterocycles. The van der Waals surface area contributed by atoms with Crippen molar-refractivity contribution >= 4 is 63.5 Å². The average Bonchev–Trinajstić information content (AvgIpc) is 3.88. The van der Waals surface area contributed by atoms with Gasteiger partial charge in [-0.1, -0.05) is 51.1 Å². The lowest BCUT2D eigenvalue weighted by atomic mass is 9.87. The quantitative estimate of drug-likeness (QED) is 0.125. The maximum Gasteiger partial charge on any atom is 0.322 e. The zero-order chi connectivity index (χ0) is 39.9. The van der Waals surface area contributed by atoms with E-state index in [9.17, 15) is 32.5 Å². The smallest absolute Gasteiger partial charge is 0.322 e. The molecule has 4 heterocycles. The van der Waals surface area contributed by atoms with E-state index in [0.717, 1.165) is 35.1 Å². The fourth-order valence-corrected chi connectivity index (χ4v) is 9.78. The number of hydrogen-bond acceptors (Lipinski definition) is 9. The van der Waals surface area contributed by atoms with E-state index < -0.39 is 48.7 Å². The number of nitrogens with one attached hydrogen (secondary N) is 3. The van der Waals surface area contributed by atoms with Gasteiger partial charge in [-0.15, -0.1) is 22.7 Å². The number of rotatable bonds is 11. The molecular formula is C39H47F2N6O5PS2. The highest BCUT2D eigenvalue weighted by molar-refractivity contribution is 7.63. The fourth-order valence-electron chi connectivity index (χ4n) is 7.06. The first-order valence-corrected chi connectivity index (χ1v) is 22.5. The zero-order valence-electron chi connectivity index (χ0n) is 31.5. The summed E-state index contributed by atoms with van der Waals surface area (Å²) in [6.45, 7) is 9.22. The minimum absolute atomic E-state index is 0.00410. The van der Waals surface area contributed by atoms with Crippen LogP contribution in [-0.4, -0.2) is 78.1 Å². The Labute approximate surface area is 327 Å². The first kappa shape index (κ1) is 40.6. The number of nitrogens with two attached hydrogens (primary N) is 1. The molecule has 0 bridgehead atoms. The first-order valence-electron chi connectivity index (χ1n) is 18.3. The lowest BCUT2D eigenvalue weighted by molar-refractivity contribution is -0.142. The monoisotopic (exact) mass is 812 g/mol. The summed E-state index contributed by atoms with van der Waals surface area (Å²) in [6.07, 6.45) is 3.64. The van der Waals surface area contributed by atoms with Gasteiger partial charge in [0.25, 0.3) is 5.91 Å². The summed E-state index contributed by atoms with van der Waals surface area (Å²) in [7, 11) is -3.80. The van der Waals surface area contributed by atoms with Crippen molar-refractivity contribution in [1.82, 2.24) is 25.8 Å². The molecule has 4 aromatic rings. The minimum atomic E-state index is -3.80. The fraction of sp³-hybridized carbons (Fsp3) is 0.462. The molecule has 11 nitrogen and oxygen atoms in total. The predicted molar refractivity (Wildman–Crippen MR) is 213 cm³/mol. The van der Waals surface area contributed by atoms with Crippen LogP contribution in [0.5, 0.6) is 0 Å². The normalized spacial score (nSPS) is 20.1. The molecule has 2 aliphatic heterocycles. The number of primary amides is 1. The topological polar surface area (TPSA) is 164 Å². The number of aromatic nitrogens is 1. The summed E-state index contributed by atoms with van der Waals surface area (Å²) in [5.74, 6) is -1.85. The van der Waals surface area contributed by atoms with Gasteiger partial charge in [-0.25, -0.2) is 4.98 Å². The largest absolute Gasteiger partial charge is 0.370 e. The molecule has 2 aromatic carbocycles. The van der Waals surface area contributed by atoms with Gasteiger partial charge in [0.15, 0.2) is 7.14 Å². The zero-order valence-corrected chi connectivity index (χ0v) is 34.0. The number of nitrogens with zero attached hydrogens (tertiary/aromatic N) is 2. The summed E-state index contributed by atoms with van der Waals surface area (Å²) in [5, 5.41) is 10.1. The van der Waals surface area contributed by atoms with Crippen LogP contribution in [0.15, 0.2) is 54.7 Å². The van der Waals surface area contributed by atoms with Gasteiger partial charge in [0.05, 0.1) is 15.8 Å². The molecule has 0 spiro atoms. The highest BCUT2D eigenvalue weighted by Crippen LogP contribution is 2.60.